The van der Waals surface area contributed by atoms with Gasteiger partial charge in [0.15, 0.2) is 0 Å². The number of nitrogens with one attached hydrogen (secondary N) is 2. The summed E-state index contributed by atoms with van der Waals surface area (Å²) in [4.78, 5) is 36.9. The molecular formula is C28H32ClN3O4S. The van der Waals surface area contributed by atoms with Gasteiger partial charge < -0.3 is 10.1 Å². The maximum Gasteiger partial charge on any atom is 0.355 e. The second-order valence-corrected chi connectivity index (χ2v) is 10.1. The molecule has 3 aromatic rings. The fourth-order valence-electron chi connectivity index (χ4n) is 3.69. The molecule has 196 valence electrons. The van der Waals surface area contributed by atoms with Crippen molar-refractivity contribution < 1.29 is 19.1 Å². The van der Waals surface area contributed by atoms with E-state index in [1.165, 1.54) is 43.2 Å². The normalized spacial score (nSPS) is 11.1. The molecule has 0 atom stereocenters. The third kappa shape index (κ3) is 9.30. The van der Waals surface area contributed by atoms with Gasteiger partial charge in [-0.2, -0.15) is 5.10 Å². The molecule has 9 heteroatoms. The lowest BCUT2D eigenvalue weighted by Crippen LogP contribution is -2.34. The monoisotopic (exact) mass is 541 g/mol. The topological polar surface area (TPSA) is 96.9 Å². The lowest BCUT2D eigenvalue weighted by molar-refractivity contribution is -0.126. The second kappa shape index (κ2) is 15.1. The van der Waals surface area contributed by atoms with Gasteiger partial charge in [0.1, 0.15) is 10.6 Å². The Hall–Kier alpha value is -3.23. The van der Waals surface area contributed by atoms with Gasteiger partial charge in [-0.3, -0.25) is 9.59 Å². The molecule has 0 aliphatic heterocycles. The van der Waals surface area contributed by atoms with Crippen LogP contribution in [-0.2, 0) is 9.59 Å². The fourth-order valence-corrected chi connectivity index (χ4v) is 5.07. The molecule has 0 aliphatic carbocycles. The summed E-state index contributed by atoms with van der Waals surface area (Å²) in [5.41, 5.74) is 3.00. The number of nitrogens with zero attached hydrogens (tertiary/aromatic N) is 1. The van der Waals surface area contributed by atoms with Crippen LogP contribution in [-0.4, -0.2) is 30.5 Å². The molecule has 1 heterocycles. The van der Waals surface area contributed by atoms with Gasteiger partial charge >= 0.3 is 5.97 Å². The highest BCUT2D eigenvalue weighted by Crippen LogP contribution is 2.35. The number of halogens is 1. The van der Waals surface area contributed by atoms with Gasteiger partial charge in [-0.25, -0.2) is 10.2 Å². The quantitative estimate of drug-likeness (QED) is 0.0802. The van der Waals surface area contributed by atoms with Crippen molar-refractivity contribution in [1.29, 1.82) is 0 Å². The zero-order chi connectivity index (χ0) is 26.5. The van der Waals surface area contributed by atoms with Crippen LogP contribution >= 0.6 is 22.9 Å². The first-order valence-electron chi connectivity index (χ1n) is 12.6. The smallest absolute Gasteiger partial charge is 0.355 e. The summed E-state index contributed by atoms with van der Waals surface area (Å²) >= 11 is 7.65. The first-order valence-corrected chi connectivity index (χ1v) is 13.7. The molecule has 2 N–H and O–H groups in total. The molecule has 0 unspecified atom stereocenters. The van der Waals surface area contributed by atoms with E-state index in [2.05, 4.69) is 22.8 Å². The molecule has 0 saturated carbocycles. The third-order valence-corrected chi connectivity index (χ3v) is 7.30. The molecule has 0 bridgehead atoms. The highest BCUT2D eigenvalue weighted by atomic mass is 35.5. The van der Waals surface area contributed by atoms with Crippen LogP contribution in [0.5, 0.6) is 5.75 Å². The van der Waals surface area contributed by atoms with Crippen LogP contribution in [0.3, 0.4) is 0 Å². The highest BCUT2D eigenvalue weighted by molar-refractivity contribution is 7.21. The molecule has 37 heavy (non-hydrogen) atoms. The summed E-state index contributed by atoms with van der Waals surface area (Å²) in [7, 11) is 0. The van der Waals surface area contributed by atoms with Gasteiger partial charge in [0.05, 0.1) is 17.8 Å². The minimum Gasteiger partial charge on any atom is -0.422 e. The second-order valence-electron chi connectivity index (χ2n) is 8.64. The van der Waals surface area contributed by atoms with E-state index in [4.69, 9.17) is 16.3 Å². The Labute approximate surface area is 226 Å². The van der Waals surface area contributed by atoms with E-state index in [0.29, 0.717) is 27.6 Å². The summed E-state index contributed by atoms with van der Waals surface area (Å²) in [6.45, 7) is 2.05. The standard InChI is InChI=1S/C28H32ClN3O4S/c1-2-3-4-5-6-7-8-16-24(33)30-19-25(34)32-31-18-20-12-11-13-21(17-20)36-28(35)27-26(29)22-14-9-10-15-23(22)37-27/h9-15,17-18H,2-8,16,19H2,1H3,(H,30,33)(H,32,34)/b31-18+. The molecule has 0 radical (unpaired) electrons. The molecular weight excluding hydrogens is 510 g/mol. The molecule has 0 spiro atoms. The van der Waals surface area contributed by atoms with Crippen LogP contribution in [0.1, 0.15) is 73.5 Å². The van der Waals surface area contributed by atoms with Crippen molar-refractivity contribution in [2.24, 2.45) is 5.10 Å². The highest BCUT2D eigenvalue weighted by Gasteiger charge is 2.19. The Balaban J connectivity index is 1.40. The summed E-state index contributed by atoms with van der Waals surface area (Å²) < 4.78 is 6.41. The van der Waals surface area contributed by atoms with Crippen LogP contribution in [0.2, 0.25) is 5.02 Å². The number of hydrogen-bond acceptors (Lipinski definition) is 6. The Morgan fingerprint density at radius 3 is 2.51 bits per heavy atom. The van der Waals surface area contributed by atoms with Crippen molar-refractivity contribution in [2.75, 3.05) is 6.54 Å². The zero-order valence-corrected chi connectivity index (χ0v) is 22.5. The number of thiophene rings is 1. The molecule has 3 rings (SSSR count). The van der Waals surface area contributed by atoms with Gasteiger partial charge in [-0.1, -0.05) is 87.4 Å². The van der Waals surface area contributed by atoms with E-state index < -0.39 is 11.9 Å². The van der Waals surface area contributed by atoms with Gasteiger partial charge in [0.25, 0.3) is 5.91 Å². The number of unbranched alkanes of at least 4 members (excludes halogenated alkanes) is 6. The van der Waals surface area contributed by atoms with Crippen LogP contribution in [0.15, 0.2) is 53.6 Å². The van der Waals surface area contributed by atoms with E-state index in [-0.39, 0.29) is 12.5 Å². The van der Waals surface area contributed by atoms with Crippen molar-refractivity contribution >= 4 is 57.0 Å². The third-order valence-electron chi connectivity index (χ3n) is 5.65. The minimum absolute atomic E-state index is 0.138. The lowest BCUT2D eigenvalue weighted by Gasteiger charge is -2.05. The predicted octanol–water partition coefficient (Wildman–Crippen LogP) is 6.48. The minimum atomic E-state index is -0.541. The summed E-state index contributed by atoms with van der Waals surface area (Å²) in [6, 6.07) is 14.2. The number of rotatable bonds is 14. The largest absolute Gasteiger partial charge is 0.422 e. The van der Waals surface area contributed by atoms with Gasteiger partial charge in [0.2, 0.25) is 5.91 Å². The van der Waals surface area contributed by atoms with E-state index in [9.17, 15) is 14.4 Å². The Kier molecular flexibility index (Phi) is 11.6. The number of carbonyl (C=O) groups is 3. The Morgan fingerprint density at radius 2 is 1.73 bits per heavy atom. The molecule has 2 amide bonds. The molecule has 0 saturated heterocycles. The van der Waals surface area contributed by atoms with Crippen LogP contribution in [0.4, 0.5) is 0 Å². The van der Waals surface area contributed by atoms with Crippen molar-refractivity contribution in [3.8, 4) is 5.75 Å². The average molecular weight is 542 g/mol. The van der Waals surface area contributed by atoms with Crippen LogP contribution < -0.4 is 15.5 Å². The van der Waals surface area contributed by atoms with E-state index in [0.717, 1.165) is 29.3 Å². The number of esters is 1. The lowest BCUT2D eigenvalue weighted by atomic mass is 10.1. The summed E-state index contributed by atoms with van der Waals surface area (Å²) in [5, 5.41) is 7.71. The number of ether oxygens (including phenoxy) is 1. The molecule has 1 aromatic heterocycles. The van der Waals surface area contributed by atoms with Gasteiger partial charge in [-0.15, -0.1) is 11.3 Å². The van der Waals surface area contributed by atoms with Crippen molar-refractivity contribution in [3.05, 3.63) is 64.0 Å². The maximum atomic E-state index is 12.7. The first kappa shape index (κ1) is 28.3. The zero-order valence-electron chi connectivity index (χ0n) is 20.9. The van der Waals surface area contributed by atoms with Gasteiger partial charge in [0, 0.05) is 16.5 Å². The summed E-state index contributed by atoms with van der Waals surface area (Å²) in [5.74, 6) is -0.778. The molecule has 0 aliphatic rings. The van der Waals surface area contributed by atoms with Crippen molar-refractivity contribution in [2.45, 2.75) is 58.3 Å². The maximum absolute atomic E-state index is 12.7. The number of fused-ring (bicyclic) bond motifs is 1. The Bertz CT molecular complexity index is 1240. The van der Waals surface area contributed by atoms with E-state index >= 15 is 0 Å². The van der Waals surface area contributed by atoms with E-state index in [1.54, 1.807) is 24.3 Å². The van der Waals surface area contributed by atoms with Crippen LogP contribution in [0, 0.1) is 0 Å². The number of amides is 2. The molecule has 0 fully saturated rings. The molecule has 7 nitrogen and oxygen atoms in total. The summed E-state index contributed by atoms with van der Waals surface area (Å²) in [6.07, 6.45) is 9.79. The predicted molar refractivity (Wildman–Crippen MR) is 150 cm³/mol. The van der Waals surface area contributed by atoms with Crippen molar-refractivity contribution in [3.63, 3.8) is 0 Å². The SMILES string of the molecule is CCCCCCCCCC(=O)NCC(=O)N/N=C/c1cccc(OC(=O)c2sc3ccccc3c2Cl)c1. The number of hydrazone groups is 1. The Morgan fingerprint density at radius 1 is 0.973 bits per heavy atom. The number of carbonyl (C=O) groups excluding carboxylic acids is 3. The van der Waals surface area contributed by atoms with E-state index in [1.807, 2.05) is 24.3 Å². The van der Waals surface area contributed by atoms with Crippen molar-refractivity contribution in [1.82, 2.24) is 10.7 Å². The number of hydrogen-bond donors (Lipinski definition) is 2. The van der Waals surface area contributed by atoms with Gasteiger partial charge in [-0.05, 0) is 30.2 Å². The fraction of sp³-hybridized carbons (Fsp3) is 0.357. The average Bonchev–Trinajstić information content (AvgIpc) is 3.24. The first-order chi connectivity index (χ1) is 18.0. The molecule has 2 aromatic carbocycles. The number of benzene rings is 2. The van der Waals surface area contributed by atoms with Crippen LogP contribution in [0.25, 0.3) is 10.1 Å².